The van der Waals surface area contributed by atoms with Crippen molar-refractivity contribution in [2.24, 2.45) is 4.99 Å². The maximum atomic E-state index is 10.8. The number of rotatable bonds is 1. The number of amidine groups is 1. The summed E-state index contributed by atoms with van der Waals surface area (Å²) in [6.45, 7) is 0. The van der Waals surface area contributed by atoms with Crippen molar-refractivity contribution in [3.8, 4) is 0 Å². The van der Waals surface area contributed by atoms with Gasteiger partial charge in [0.1, 0.15) is 16.5 Å². The van der Waals surface area contributed by atoms with Gasteiger partial charge in [0.2, 0.25) is 0 Å². The Kier molecular flexibility index (Phi) is 2.80. The Bertz CT molecular complexity index is 499. The van der Waals surface area contributed by atoms with Crippen LogP contribution in [0.15, 0.2) is 51.5 Å². The van der Waals surface area contributed by atoms with Gasteiger partial charge in [-0.3, -0.25) is 15.0 Å². The van der Waals surface area contributed by atoms with Crippen LogP contribution in [0.2, 0.25) is 0 Å². The van der Waals surface area contributed by atoms with Gasteiger partial charge in [0.05, 0.1) is 4.92 Å². The molecule has 0 atom stereocenters. The third kappa shape index (κ3) is 1.75. The van der Waals surface area contributed by atoms with E-state index in [1.54, 1.807) is 24.4 Å². The normalized spacial score (nSPS) is 17.9. The van der Waals surface area contributed by atoms with Gasteiger partial charge in [-0.15, -0.1) is 0 Å². The zero-order valence-electron chi connectivity index (χ0n) is 7.80. The predicted molar refractivity (Wildman–Crippen MR) is 61.4 cm³/mol. The van der Waals surface area contributed by atoms with Gasteiger partial charge in [-0.25, -0.2) is 4.99 Å². The summed E-state index contributed by atoms with van der Waals surface area (Å²) in [5, 5.41) is 10.8. The van der Waals surface area contributed by atoms with Crippen LogP contribution in [0.1, 0.15) is 0 Å². The highest BCUT2D eigenvalue weighted by Gasteiger charge is 2.31. The van der Waals surface area contributed by atoms with Gasteiger partial charge in [-0.05, 0) is 12.2 Å². The minimum absolute atomic E-state index is 0.124. The van der Waals surface area contributed by atoms with Crippen molar-refractivity contribution < 1.29 is 4.92 Å². The first-order valence-electron chi connectivity index (χ1n) is 4.23. The molecule has 2 heterocycles. The first-order valence-corrected chi connectivity index (χ1v) is 4.99. The molecule has 0 fully saturated rings. The van der Waals surface area contributed by atoms with E-state index in [1.165, 1.54) is 4.90 Å². The Balaban J connectivity index is 2.57. The Morgan fingerprint density at radius 3 is 2.81 bits per heavy atom. The second-order valence-electron chi connectivity index (χ2n) is 2.94. The first kappa shape index (κ1) is 10.9. The zero-order valence-corrected chi connectivity index (χ0v) is 9.31. The smallest absolute Gasteiger partial charge is 0.294 e. The summed E-state index contributed by atoms with van der Waals surface area (Å²) < 4.78 is -0.171. The number of hydrogen-bond donors (Lipinski definition) is 0. The van der Waals surface area contributed by atoms with Crippen molar-refractivity contribution >= 4 is 29.0 Å². The van der Waals surface area contributed by atoms with Gasteiger partial charge in [0.15, 0.2) is 5.70 Å². The molecule has 0 bridgehead atoms. The van der Waals surface area contributed by atoms with Gasteiger partial charge in [-0.1, -0.05) is 29.3 Å². The van der Waals surface area contributed by atoms with Crippen LogP contribution >= 0.6 is 23.2 Å². The van der Waals surface area contributed by atoms with Crippen LogP contribution in [0.5, 0.6) is 0 Å². The molecule has 82 valence electrons. The Labute approximate surface area is 101 Å². The standard InChI is InChI=1S/C9H5Cl2N3O2/c10-9(11)8-6(14(15)16)5-12-7-3-1-2-4-13(7)8/h1-5H. The number of halogens is 2. The number of fused-ring (bicyclic) bond motifs is 1. The van der Waals surface area contributed by atoms with Crippen LogP contribution in [0.3, 0.4) is 0 Å². The van der Waals surface area contributed by atoms with Crippen LogP contribution in [0.4, 0.5) is 0 Å². The Hall–Kier alpha value is -1.59. The third-order valence-corrected chi connectivity index (χ3v) is 2.37. The number of nitro groups is 1. The van der Waals surface area contributed by atoms with Crippen LogP contribution in [-0.4, -0.2) is 15.7 Å². The quantitative estimate of drug-likeness (QED) is 0.536. The minimum Gasteiger partial charge on any atom is -0.294 e. The molecule has 5 nitrogen and oxygen atoms in total. The van der Waals surface area contributed by atoms with E-state index in [0.717, 1.165) is 6.20 Å². The van der Waals surface area contributed by atoms with E-state index in [4.69, 9.17) is 23.2 Å². The lowest BCUT2D eigenvalue weighted by molar-refractivity contribution is -0.422. The number of allylic oxidation sites excluding steroid dienone is 2. The molecule has 16 heavy (non-hydrogen) atoms. The van der Waals surface area contributed by atoms with Gasteiger partial charge < -0.3 is 0 Å². The summed E-state index contributed by atoms with van der Waals surface area (Å²) in [4.78, 5) is 15.6. The molecule has 2 rings (SSSR count). The summed E-state index contributed by atoms with van der Waals surface area (Å²) in [6, 6.07) is 0. The highest BCUT2D eigenvalue weighted by Crippen LogP contribution is 2.30. The van der Waals surface area contributed by atoms with E-state index < -0.39 is 4.92 Å². The number of hydrogen-bond acceptors (Lipinski definition) is 4. The topological polar surface area (TPSA) is 58.7 Å². The van der Waals surface area contributed by atoms with E-state index >= 15 is 0 Å². The summed E-state index contributed by atoms with van der Waals surface area (Å²) in [5.74, 6) is 0.530. The van der Waals surface area contributed by atoms with Crippen LogP contribution in [0.25, 0.3) is 0 Å². The second-order valence-corrected chi connectivity index (χ2v) is 3.89. The predicted octanol–water partition coefficient (Wildman–Crippen LogP) is 2.55. The first-order chi connectivity index (χ1) is 7.61. The minimum atomic E-state index is -0.577. The van der Waals surface area contributed by atoms with Crippen LogP contribution < -0.4 is 0 Å². The van der Waals surface area contributed by atoms with Gasteiger partial charge in [0.25, 0.3) is 0 Å². The summed E-state index contributed by atoms with van der Waals surface area (Å²) in [7, 11) is 0. The van der Waals surface area contributed by atoms with E-state index in [-0.39, 0.29) is 15.9 Å². The molecule has 0 saturated carbocycles. The summed E-state index contributed by atoms with van der Waals surface area (Å²) in [5.41, 5.74) is -0.109. The molecule has 0 aromatic heterocycles. The molecule has 0 spiro atoms. The molecule has 0 radical (unpaired) electrons. The van der Waals surface area contributed by atoms with Crippen molar-refractivity contribution in [1.82, 2.24) is 4.90 Å². The Morgan fingerprint density at radius 1 is 1.44 bits per heavy atom. The maximum Gasteiger partial charge on any atom is 0.313 e. The number of aliphatic imine (C=N–C) groups is 1. The Morgan fingerprint density at radius 2 is 2.19 bits per heavy atom. The molecule has 7 heteroatoms. The molecule has 0 aliphatic carbocycles. The highest BCUT2D eigenvalue weighted by molar-refractivity contribution is 6.56. The van der Waals surface area contributed by atoms with E-state index in [0.29, 0.717) is 5.84 Å². The fourth-order valence-corrected chi connectivity index (χ4v) is 1.74. The van der Waals surface area contributed by atoms with Gasteiger partial charge in [0, 0.05) is 6.20 Å². The van der Waals surface area contributed by atoms with Gasteiger partial charge in [-0.2, -0.15) is 0 Å². The fourth-order valence-electron chi connectivity index (χ4n) is 1.36. The summed E-state index contributed by atoms with van der Waals surface area (Å²) in [6.07, 6.45) is 7.91. The van der Waals surface area contributed by atoms with Crippen molar-refractivity contribution in [3.05, 3.63) is 56.6 Å². The molecule has 0 aromatic carbocycles. The molecule has 0 aromatic rings. The summed E-state index contributed by atoms with van der Waals surface area (Å²) >= 11 is 11.3. The van der Waals surface area contributed by atoms with Crippen molar-refractivity contribution in [2.75, 3.05) is 0 Å². The van der Waals surface area contributed by atoms with Crippen molar-refractivity contribution in [3.63, 3.8) is 0 Å². The second kappa shape index (κ2) is 4.11. The van der Waals surface area contributed by atoms with Crippen LogP contribution in [0, 0.1) is 10.1 Å². The fraction of sp³-hybridized carbons (Fsp3) is 0. The lowest BCUT2D eigenvalue weighted by Gasteiger charge is -2.25. The molecule has 2 aliphatic heterocycles. The zero-order chi connectivity index (χ0) is 11.7. The third-order valence-electron chi connectivity index (χ3n) is 2.02. The molecule has 0 unspecified atom stereocenters. The van der Waals surface area contributed by atoms with Crippen LogP contribution in [-0.2, 0) is 0 Å². The molecular weight excluding hydrogens is 253 g/mol. The lowest BCUT2D eigenvalue weighted by atomic mass is 10.2. The van der Waals surface area contributed by atoms with Crippen molar-refractivity contribution in [1.29, 1.82) is 0 Å². The van der Waals surface area contributed by atoms with E-state index in [2.05, 4.69) is 4.99 Å². The SMILES string of the molecule is O=[N+]([O-])C1=CN=C2C=CC=CN2C1=C(Cl)Cl. The monoisotopic (exact) mass is 257 g/mol. The molecule has 2 aliphatic rings. The van der Waals surface area contributed by atoms with Crippen molar-refractivity contribution in [2.45, 2.75) is 0 Å². The molecular formula is C9H5Cl2N3O2. The van der Waals surface area contributed by atoms with E-state index in [1.807, 2.05) is 0 Å². The molecule has 0 amide bonds. The van der Waals surface area contributed by atoms with E-state index in [9.17, 15) is 10.1 Å². The molecule has 0 N–H and O–H groups in total. The number of nitrogens with zero attached hydrogens (tertiary/aromatic N) is 3. The average molecular weight is 258 g/mol. The molecule has 0 saturated heterocycles. The average Bonchev–Trinajstić information content (AvgIpc) is 2.27. The maximum absolute atomic E-state index is 10.8. The largest absolute Gasteiger partial charge is 0.313 e. The highest BCUT2D eigenvalue weighted by atomic mass is 35.5. The lowest BCUT2D eigenvalue weighted by Crippen LogP contribution is -2.30. The van der Waals surface area contributed by atoms with Gasteiger partial charge >= 0.3 is 5.70 Å².